The summed E-state index contributed by atoms with van der Waals surface area (Å²) in [6.45, 7) is 6.01. The molecular weight excluding hydrogens is 368 g/mol. The van der Waals surface area contributed by atoms with E-state index in [0.29, 0.717) is 29.8 Å². The maximum atomic E-state index is 12.9. The van der Waals surface area contributed by atoms with Crippen molar-refractivity contribution >= 4 is 23.5 Å². The highest BCUT2D eigenvalue weighted by atomic mass is 16.4. The summed E-state index contributed by atoms with van der Waals surface area (Å²) in [5, 5.41) is 12.1. The first-order valence-corrected chi connectivity index (χ1v) is 9.81. The largest absolute Gasteiger partial charge is 0.480 e. The van der Waals surface area contributed by atoms with Gasteiger partial charge in [0.2, 0.25) is 5.91 Å². The van der Waals surface area contributed by atoms with Crippen molar-refractivity contribution < 1.29 is 19.5 Å². The van der Waals surface area contributed by atoms with Gasteiger partial charge in [-0.15, -0.1) is 0 Å². The van der Waals surface area contributed by atoms with Crippen LogP contribution in [0.15, 0.2) is 48.5 Å². The van der Waals surface area contributed by atoms with Gasteiger partial charge in [-0.05, 0) is 42.5 Å². The number of carbonyl (C=O) groups excluding carboxylic acids is 2. The van der Waals surface area contributed by atoms with Gasteiger partial charge < -0.3 is 15.3 Å². The van der Waals surface area contributed by atoms with Crippen LogP contribution in [0.4, 0.5) is 5.69 Å². The Bertz CT molecular complexity index is 938. The number of nitrogens with zero attached hydrogens (tertiary/aromatic N) is 1. The standard InChI is InChI=1S/C23H26N2O4/c1-14(2)12-19(23(28)29)24-21(26)15(3)17-9-6-7-11-20(17)25-13-16-8-4-5-10-18(16)22(25)27/h4-11,14-15,19H,12-13H2,1-3H3,(H,24,26)(H,28,29)/t15-,19+/m1/s1. The first-order chi connectivity index (χ1) is 13.8. The molecule has 29 heavy (non-hydrogen) atoms. The molecule has 0 aromatic heterocycles. The maximum absolute atomic E-state index is 12.9. The van der Waals surface area contributed by atoms with Crippen LogP contribution in [0, 0.1) is 5.92 Å². The molecule has 2 aromatic rings. The smallest absolute Gasteiger partial charge is 0.326 e. The zero-order chi connectivity index (χ0) is 21.1. The van der Waals surface area contributed by atoms with Gasteiger partial charge >= 0.3 is 5.97 Å². The SMILES string of the molecule is CC(C)C[C@H](NC(=O)[C@H](C)c1ccccc1N1Cc2ccccc2C1=O)C(=O)O. The lowest BCUT2D eigenvalue weighted by atomic mass is 9.96. The highest BCUT2D eigenvalue weighted by Gasteiger charge is 2.32. The fourth-order valence-electron chi connectivity index (χ4n) is 3.68. The highest BCUT2D eigenvalue weighted by molar-refractivity contribution is 6.10. The summed E-state index contributed by atoms with van der Waals surface area (Å²) in [4.78, 5) is 38.9. The number of carbonyl (C=O) groups is 3. The third kappa shape index (κ3) is 4.31. The number of carboxylic acid groups (broad SMARTS) is 1. The number of amides is 2. The minimum absolute atomic E-state index is 0.0936. The molecule has 2 amide bonds. The van der Waals surface area contributed by atoms with Gasteiger partial charge in [-0.1, -0.05) is 50.2 Å². The molecule has 2 aromatic carbocycles. The Morgan fingerprint density at radius 1 is 1.07 bits per heavy atom. The van der Waals surface area contributed by atoms with E-state index in [1.165, 1.54) is 0 Å². The molecule has 1 aliphatic rings. The summed E-state index contributed by atoms with van der Waals surface area (Å²) in [6.07, 6.45) is 0.357. The molecule has 0 saturated carbocycles. The van der Waals surface area contributed by atoms with E-state index >= 15 is 0 Å². The molecular formula is C23H26N2O4. The highest BCUT2D eigenvalue weighted by Crippen LogP contribution is 2.34. The number of hydrogen-bond donors (Lipinski definition) is 2. The van der Waals surface area contributed by atoms with Crippen molar-refractivity contribution in [2.75, 3.05) is 4.90 Å². The van der Waals surface area contributed by atoms with E-state index in [-0.39, 0.29) is 17.7 Å². The molecule has 0 fully saturated rings. The summed E-state index contributed by atoms with van der Waals surface area (Å²) in [5.41, 5.74) is 2.99. The number of rotatable bonds is 7. The third-order valence-corrected chi connectivity index (χ3v) is 5.23. The van der Waals surface area contributed by atoms with Crippen LogP contribution in [0.25, 0.3) is 0 Å². The monoisotopic (exact) mass is 394 g/mol. The summed E-state index contributed by atoms with van der Waals surface area (Å²) >= 11 is 0. The maximum Gasteiger partial charge on any atom is 0.326 e. The molecule has 152 valence electrons. The molecule has 0 unspecified atom stereocenters. The molecule has 0 radical (unpaired) electrons. The van der Waals surface area contributed by atoms with Gasteiger partial charge in [0.1, 0.15) is 6.04 Å². The number of carboxylic acids is 1. The van der Waals surface area contributed by atoms with Crippen LogP contribution in [0.3, 0.4) is 0 Å². The Hall–Kier alpha value is -3.15. The van der Waals surface area contributed by atoms with E-state index in [9.17, 15) is 19.5 Å². The van der Waals surface area contributed by atoms with Crippen LogP contribution < -0.4 is 10.2 Å². The number of fused-ring (bicyclic) bond motifs is 1. The van der Waals surface area contributed by atoms with Gasteiger partial charge in [0.15, 0.2) is 0 Å². The van der Waals surface area contributed by atoms with Crippen LogP contribution in [0.5, 0.6) is 0 Å². The molecule has 0 spiro atoms. The van der Waals surface area contributed by atoms with E-state index < -0.39 is 17.9 Å². The topological polar surface area (TPSA) is 86.7 Å². The normalized spacial score (nSPS) is 15.2. The molecule has 6 nitrogen and oxygen atoms in total. The van der Waals surface area contributed by atoms with Gasteiger partial charge in [-0.3, -0.25) is 9.59 Å². The minimum Gasteiger partial charge on any atom is -0.480 e. The van der Waals surface area contributed by atoms with E-state index in [1.807, 2.05) is 56.3 Å². The van der Waals surface area contributed by atoms with E-state index in [4.69, 9.17) is 0 Å². The predicted molar refractivity (Wildman–Crippen MR) is 111 cm³/mol. The molecule has 0 bridgehead atoms. The van der Waals surface area contributed by atoms with Crippen molar-refractivity contribution in [2.24, 2.45) is 5.92 Å². The van der Waals surface area contributed by atoms with E-state index in [1.54, 1.807) is 17.9 Å². The Labute approximate surface area is 170 Å². The predicted octanol–water partition coefficient (Wildman–Crippen LogP) is 3.57. The average molecular weight is 394 g/mol. The fraction of sp³-hybridized carbons (Fsp3) is 0.348. The molecule has 0 aliphatic carbocycles. The van der Waals surface area contributed by atoms with Gasteiger partial charge in [0.25, 0.3) is 5.91 Å². The van der Waals surface area contributed by atoms with Gasteiger partial charge in [0, 0.05) is 11.3 Å². The van der Waals surface area contributed by atoms with E-state index in [2.05, 4.69) is 5.32 Å². The number of benzene rings is 2. The zero-order valence-electron chi connectivity index (χ0n) is 16.9. The van der Waals surface area contributed by atoms with Gasteiger partial charge in [-0.25, -0.2) is 4.79 Å². The first kappa shape index (κ1) is 20.6. The second-order valence-electron chi connectivity index (χ2n) is 7.86. The number of para-hydroxylation sites is 1. The molecule has 2 atom stereocenters. The van der Waals surface area contributed by atoms with E-state index in [0.717, 1.165) is 5.56 Å². The van der Waals surface area contributed by atoms with Crippen molar-refractivity contribution in [3.05, 3.63) is 65.2 Å². The number of hydrogen-bond acceptors (Lipinski definition) is 3. The molecule has 2 N–H and O–H groups in total. The molecule has 0 saturated heterocycles. The van der Waals surface area contributed by atoms with Crippen molar-refractivity contribution in [3.8, 4) is 0 Å². The molecule has 1 aliphatic heterocycles. The second-order valence-corrected chi connectivity index (χ2v) is 7.86. The minimum atomic E-state index is -1.04. The van der Waals surface area contributed by atoms with Crippen LogP contribution >= 0.6 is 0 Å². The average Bonchev–Trinajstić information content (AvgIpc) is 3.03. The number of aliphatic carboxylic acids is 1. The summed E-state index contributed by atoms with van der Waals surface area (Å²) < 4.78 is 0. The Balaban J connectivity index is 1.84. The fourth-order valence-corrected chi connectivity index (χ4v) is 3.68. The Morgan fingerprint density at radius 3 is 2.38 bits per heavy atom. The molecule has 6 heteroatoms. The zero-order valence-corrected chi connectivity index (χ0v) is 16.9. The van der Waals surface area contributed by atoms with Crippen LogP contribution in [0.2, 0.25) is 0 Å². The number of nitrogens with one attached hydrogen (secondary N) is 1. The van der Waals surface area contributed by atoms with Gasteiger partial charge in [-0.2, -0.15) is 0 Å². The Morgan fingerprint density at radius 2 is 1.72 bits per heavy atom. The second kappa shape index (κ2) is 8.47. The lowest BCUT2D eigenvalue weighted by molar-refractivity contribution is -0.142. The summed E-state index contributed by atoms with van der Waals surface area (Å²) in [5.74, 6) is -1.97. The van der Waals surface area contributed by atoms with Crippen molar-refractivity contribution in [1.82, 2.24) is 5.32 Å². The van der Waals surface area contributed by atoms with Crippen LogP contribution in [-0.4, -0.2) is 28.9 Å². The summed E-state index contributed by atoms with van der Waals surface area (Å²) in [6, 6.07) is 13.8. The van der Waals surface area contributed by atoms with Crippen LogP contribution in [-0.2, 0) is 16.1 Å². The Kier molecular flexibility index (Phi) is 6.01. The lowest BCUT2D eigenvalue weighted by Crippen LogP contribution is -2.43. The van der Waals surface area contributed by atoms with Crippen molar-refractivity contribution in [3.63, 3.8) is 0 Å². The van der Waals surface area contributed by atoms with Crippen molar-refractivity contribution in [2.45, 2.75) is 45.7 Å². The van der Waals surface area contributed by atoms with Crippen LogP contribution in [0.1, 0.15) is 54.6 Å². The number of anilines is 1. The van der Waals surface area contributed by atoms with Gasteiger partial charge in [0.05, 0.1) is 12.5 Å². The first-order valence-electron chi connectivity index (χ1n) is 9.81. The third-order valence-electron chi connectivity index (χ3n) is 5.23. The summed E-state index contributed by atoms with van der Waals surface area (Å²) in [7, 11) is 0. The quantitative estimate of drug-likeness (QED) is 0.752. The lowest BCUT2D eigenvalue weighted by Gasteiger charge is -2.24. The van der Waals surface area contributed by atoms with Crippen molar-refractivity contribution in [1.29, 1.82) is 0 Å². The molecule has 3 rings (SSSR count). The molecule has 1 heterocycles.